The van der Waals surface area contributed by atoms with Crippen LogP contribution in [0.2, 0.25) is 0 Å². The number of carbonyl (C=O) groups is 6. The lowest BCUT2D eigenvalue weighted by Gasteiger charge is -2.29. The molecule has 0 saturated heterocycles. The van der Waals surface area contributed by atoms with Crippen molar-refractivity contribution in [1.82, 2.24) is 0 Å². The minimum absolute atomic E-state index is 0.0370. The van der Waals surface area contributed by atoms with Gasteiger partial charge in [0.2, 0.25) is 0 Å². The van der Waals surface area contributed by atoms with Gasteiger partial charge in [-0.05, 0) is 31.7 Å². The Morgan fingerprint density at radius 2 is 1.22 bits per heavy atom. The first-order valence-corrected chi connectivity index (χ1v) is 12.8. The summed E-state index contributed by atoms with van der Waals surface area (Å²) in [6.45, 7) is 10.3. The molecule has 2 aliphatic rings. The molecule has 0 bridgehead atoms. The van der Waals surface area contributed by atoms with Crippen LogP contribution in [0.25, 0.3) is 0 Å². The highest BCUT2D eigenvalue weighted by atomic mass is 16.5. The van der Waals surface area contributed by atoms with E-state index in [1.54, 1.807) is 27.7 Å². The van der Waals surface area contributed by atoms with Crippen molar-refractivity contribution in [3.63, 3.8) is 0 Å². The molecule has 0 fully saturated rings. The Labute approximate surface area is 234 Å². The number of Topliss-reactive ketones (excluding diaryl/α,β-unsaturated/α-hetero) is 4. The van der Waals surface area contributed by atoms with Gasteiger partial charge >= 0.3 is 5.97 Å². The average Bonchev–Trinajstić information content (AvgIpc) is 2.88. The zero-order valence-electron chi connectivity index (χ0n) is 23.5. The van der Waals surface area contributed by atoms with E-state index in [1.165, 1.54) is 13.8 Å². The Kier molecular flexibility index (Phi) is 7.07. The first-order valence-electron chi connectivity index (χ1n) is 12.8. The SMILES string of the molecule is CC(=O)Oc1cc2c(c(C(C)C)c1O)C(=O)C(C)=C(C1=C(C)C(=O)c3c(c(C=O)c(O)c(O)c3C(C)C)C1=O)C2=O. The van der Waals surface area contributed by atoms with Gasteiger partial charge < -0.3 is 20.1 Å². The fourth-order valence-electron chi connectivity index (χ4n) is 5.60. The third-order valence-electron chi connectivity index (χ3n) is 7.41. The molecule has 0 amide bonds. The number of ether oxygens (including phenoxy) is 1. The van der Waals surface area contributed by atoms with E-state index in [1.807, 2.05) is 0 Å². The molecular weight excluding hydrogens is 532 g/mol. The van der Waals surface area contributed by atoms with Crippen LogP contribution in [0.15, 0.2) is 28.4 Å². The molecule has 0 spiro atoms. The Morgan fingerprint density at radius 1 is 0.732 bits per heavy atom. The van der Waals surface area contributed by atoms with Gasteiger partial charge in [0.25, 0.3) is 0 Å². The van der Waals surface area contributed by atoms with E-state index in [2.05, 4.69) is 0 Å². The minimum atomic E-state index is -0.960. The quantitative estimate of drug-likeness (QED) is 0.198. The second kappa shape index (κ2) is 9.96. The Morgan fingerprint density at radius 3 is 1.71 bits per heavy atom. The number of allylic oxidation sites excluding steroid dienone is 4. The first kappa shape index (κ1) is 29.1. The van der Waals surface area contributed by atoms with E-state index in [0.717, 1.165) is 13.0 Å². The number of ketones is 4. The maximum absolute atomic E-state index is 14.1. The molecule has 0 atom stereocenters. The predicted octanol–water partition coefficient (Wildman–Crippen LogP) is 4.88. The van der Waals surface area contributed by atoms with E-state index < -0.39 is 80.5 Å². The van der Waals surface area contributed by atoms with Gasteiger partial charge in [-0.1, -0.05) is 27.7 Å². The van der Waals surface area contributed by atoms with Crippen LogP contribution in [0, 0.1) is 0 Å². The molecule has 2 aromatic rings. The largest absolute Gasteiger partial charge is 0.504 e. The molecule has 10 heteroatoms. The van der Waals surface area contributed by atoms with Gasteiger partial charge in [-0.25, -0.2) is 0 Å². The van der Waals surface area contributed by atoms with E-state index >= 15 is 0 Å². The Balaban J connectivity index is 2.07. The summed E-state index contributed by atoms with van der Waals surface area (Å²) in [5.41, 5.74) is -2.90. The highest BCUT2D eigenvalue weighted by Crippen LogP contribution is 2.48. The molecule has 0 aromatic heterocycles. The number of fused-ring (bicyclic) bond motifs is 2. The number of phenols is 3. The van der Waals surface area contributed by atoms with Crippen molar-refractivity contribution < 1.29 is 48.8 Å². The maximum atomic E-state index is 14.1. The zero-order valence-corrected chi connectivity index (χ0v) is 23.5. The second-order valence-corrected chi connectivity index (χ2v) is 10.7. The van der Waals surface area contributed by atoms with Gasteiger partial charge in [-0.3, -0.25) is 28.8 Å². The van der Waals surface area contributed by atoms with Gasteiger partial charge in [0.15, 0.2) is 52.4 Å². The molecule has 4 rings (SSSR count). The molecule has 0 aliphatic heterocycles. The number of esters is 1. The molecule has 2 aliphatic carbocycles. The van der Waals surface area contributed by atoms with Crippen LogP contribution >= 0.6 is 0 Å². The number of phenolic OH excluding ortho intramolecular Hbond substituents is 3. The Hall–Kier alpha value is -4.86. The van der Waals surface area contributed by atoms with Gasteiger partial charge in [-0.2, -0.15) is 0 Å². The summed E-state index contributed by atoms with van der Waals surface area (Å²) in [4.78, 5) is 79.3. The van der Waals surface area contributed by atoms with Gasteiger partial charge in [0, 0.05) is 62.6 Å². The number of carbonyl (C=O) groups excluding carboxylic acids is 6. The standard InChI is InChI=1S/C31H28O10/c1-10(2)18-22-15(8-17(29(18)38)41-14(7)33)27(36)20(12(5)25(22)34)21-13(6)26(35)24-19(11(3)4)31(40)28(37)16(9-32)23(24)30(21)39/h8-11,37-38,40H,1-7H3. The van der Waals surface area contributed by atoms with Crippen LogP contribution in [0.1, 0.15) is 123 Å². The molecule has 0 unspecified atom stereocenters. The van der Waals surface area contributed by atoms with Crippen molar-refractivity contribution >= 4 is 35.4 Å². The van der Waals surface area contributed by atoms with Crippen molar-refractivity contribution in [3.05, 3.63) is 67.3 Å². The van der Waals surface area contributed by atoms with Crippen LogP contribution in [0.4, 0.5) is 0 Å². The number of aldehydes is 1. The summed E-state index contributed by atoms with van der Waals surface area (Å²) in [7, 11) is 0. The average molecular weight is 561 g/mol. The van der Waals surface area contributed by atoms with Crippen molar-refractivity contribution in [2.24, 2.45) is 0 Å². The molecule has 10 nitrogen and oxygen atoms in total. The minimum Gasteiger partial charge on any atom is -0.504 e. The highest BCUT2D eigenvalue weighted by Gasteiger charge is 2.44. The molecule has 0 saturated carbocycles. The smallest absolute Gasteiger partial charge is 0.308 e. The second-order valence-electron chi connectivity index (χ2n) is 10.7. The summed E-state index contributed by atoms with van der Waals surface area (Å²) >= 11 is 0. The van der Waals surface area contributed by atoms with Gasteiger partial charge in [-0.15, -0.1) is 0 Å². The third kappa shape index (κ3) is 4.09. The van der Waals surface area contributed by atoms with Crippen molar-refractivity contribution in [2.45, 2.75) is 60.3 Å². The van der Waals surface area contributed by atoms with Crippen molar-refractivity contribution in [2.75, 3.05) is 0 Å². The molecule has 0 heterocycles. The normalized spacial score (nSPS) is 15.1. The number of rotatable bonds is 5. The topological polar surface area (TPSA) is 172 Å². The summed E-state index contributed by atoms with van der Waals surface area (Å²) < 4.78 is 5.10. The van der Waals surface area contributed by atoms with Crippen LogP contribution in [0.3, 0.4) is 0 Å². The van der Waals surface area contributed by atoms with Crippen LogP contribution in [-0.2, 0) is 4.79 Å². The van der Waals surface area contributed by atoms with E-state index in [-0.39, 0.29) is 51.0 Å². The molecule has 0 radical (unpaired) electrons. The summed E-state index contributed by atoms with van der Waals surface area (Å²) in [6.07, 6.45) is 0.134. The van der Waals surface area contributed by atoms with Gasteiger partial charge in [0.1, 0.15) is 0 Å². The van der Waals surface area contributed by atoms with Crippen LogP contribution < -0.4 is 4.74 Å². The summed E-state index contributed by atoms with van der Waals surface area (Å²) in [5, 5.41) is 32.0. The number of hydrogen-bond donors (Lipinski definition) is 3. The lowest BCUT2D eigenvalue weighted by Crippen LogP contribution is -2.31. The van der Waals surface area contributed by atoms with E-state index in [0.29, 0.717) is 0 Å². The first-order chi connectivity index (χ1) is 19.1. The monoisotopic (exact) mass is 560 g/mol. The van der Waals surface area contributed by atoms with Gasteiger partial charge in [0.05, 0.1) is 5.56 Å². The van der Waals surface area contributed by atoms with Crippen molar-refractivity contribution in [1.29, 1.82) is 0 Å². The third-order valence-corrected chi connectivity index (χ3v) is 7.41. The lowest BCUT2D eigenvalue weighted by molar-refractivity contribution is -0.132. The van der Waals surface area contributed by atoms with Crippen molar-refractivity contribution in [3.8, 4) is 23.0 Å². The number of hydrogen-bond acceptors (Lipinski definition) is 10. The molecular formula is C31H28O10. The summed E-state index contributed by atoms with van der Waals surface area (Å²) in [5.74, 6) is -7.50. The van der Waals surface area contributed by atoms with Crippen LogP contribution in [0.5, 0.6) is 23.0 Å². The van der Waals surface area contributed by atoms with E-state index in [4.69, 9.17) is 4.74 Å². The summed E-state index contributed by atoms with van der Waals surface area (Å²) in [6, 6.07) is 1.04. The highest BCUT2D eigenvalue weighted by molar-refractivity contribution is 6.38. The molecule has 2 aromatic carbocycles. The van der Waals surface area contributed by atoms with E-state index in [9.17, 15) is 44.1 Å². The Bertz CT molecular complexity index is 1710. The fraction of sp³-hybridized carbons (Fsp3) is 0.290. The van der Waals surface area contributed by atoms with Crippen LogP contribution in [-0.4, -0.2) is 50.7 Å². The maximum Gasteiger partial charge on any atom is 0.308 e. The lowest BCUT2D eigenvalue weighted by atomic mass is 9.71. The zero-order chi connectivity index (χ0) is 30.8. The fourth-order valence-corrected chi connectivity index (χ4v) is 5.60. The molecule has 212 valence electrons. The number of benzene rings is 2. The molecule has 3 N–H and O–H groups in total. The molecule has 41 heavy (non-hydrogen) atoms. The number of aromatic hydroxyl groups is 3. The predicted molar refractivity (Wildman–Crippen MR) is 145 cm³/mol.